The van der Waals surface area contributed by atoms with E-state index in [0.717, 1.165) is 0 Å². The lowest BCUT2D eigenvalue weighted by Gasteiger charge is -2.24. The van der Waals surface area contributed by atoms with E-state index in [1.165, 1.54) is 4.90 Å². The Hall–Kier alpha value is -2.63. The van der Waals surface area contributed by atoms with Gasteiger partial charge in [0.25, 0.3) is 11.7 Å². The molecule has 0 saturated carbocycles. The zero-order chi connectivity index (χ0) is 18.0. The molecule has 0 aromatic heterocycles. The van der Waals surface area contributed by atoms with E-state index in [1.54, 1.807) is 48.5 Å². The number of aliphatic hydroxyl groups is 2. The smallest absolute Gasteiger partial charge is 0.295 e. The minimum Gasteiger partial charge on any atom is -0.507 e. The number of hydrogen-bond donors (Lipinski definition) is 2. The fourth-order valence-electron chi connectivity index (χ4n) is 2.96. The average Bonchev–Trinajstić information content (AvgIpc) is 2.88. The van der Waals surface area contributed by atoms with Crippen LogP contribution in [0.2, 0.25) is 5.02 Å². The summed E-state index contributed by atoms with van der Waals surface area (Å²) in [6.07, 6.45) is 0. The number of carbonyl (C=O) groups is 2. The molecule has 1 atom stereocenters. The van der Waals surface area contributed by atoms with Gasteiger partial charge in [0.15, 0.2) is 0 Å². The Morgan fingerprint density at radius 2 is 1.68 bits per heavy atom. The predicted molar refractivity (Wildman–Crippen MR) is 94.0 cm³/mol. The molecular formula is C19H16ClNO4. The van der Waals surface area contributed by atoms with Crippen LogP contribution in [0.3, 0.4) is 0 Å². The molecular weight excluding hydrogens is 342 g/mol. The maximum absolute atomic E-state index is 12.5. The number of halogens is 1. The number of amides is 1. The van der Waals surface area contributed by atoms with Crippen LogP contribution in [0.4, 0.5) is 0 Å². The van der Waals surface area contributed by atoms with Crippen LogP contribution in [0.1, 0.15) is 17.2 Å². The van der Waals surface area contributed by atoms with Crippen LogP contribution < -0.4 is 0 Å². The fourth-order valence-corrected chi connectivity index (χ4v) is 3.09. The number of ketones is 1. The second-order valence-electron chi connectivity index (χ2n) is 5.63. The van der Waals surface area contributed by atoms with Gasteiger partial charge in [0.2, 0.25) is 0 Å². The molecule has 0 aliphatic carbocycles. The van der Waals surface area contributed by atoms with Gasteiger partial charge in [-0.3, -0.25) is 9.59 Å². The number of Topliss-reactive ketones (excluding diaryl/α,β-unsaturated/α-hetero) is 1. The van der Waals surface area contributed by atoms with Crippen LogP contribution >= 0.6 is 11.6 Å². The first-order chi connectivity index (χ1) is 12.0. The summed E-state index contributed by atoms with van der Waals surface area (Å²) < 4.78 is 0. The first kappa shape index (κ1) is 17.2. The average molecular weight is 358 g/mol. The summed E-state index contributed by atoms with van der Waals surface area (Å²) in [6, 6.07) is 14.6. The molecule has 2 N–H and O–H groups in total. The van der Waals surface area contributed by atoms with Crippen molar-refractivity contribution in [3.8, 4) is 0 Å². The lowest BCUT2D eigenvalue weighted by Crippen LogP contribution is -2.32. The van der Waals surface area contributed by atoms with Crippen LogP contribution in [0, 0.1) is 0 Å². The molecule has 5 nitrogen and oxygen atoms in total. The van der Waals surface area contributed by atoms with Gasteiger partial charge in [-0.15, -0.1) is 0 Å². The number of rotatable bonds is 4. The molecule has 0 spiro atoms. The van der Waals surface area contributed by atoms with E-state index in [0.29, 0.717) is 16.1 Å². The molecule has 3 rings (SSSR count). The zero-order valence-corrected chi connectivity index (χ0v) is 14.0. The van der Waals surface area contributed by atoms with Crippen molar-refractivity contribution in [2.45, 2.75) is 6.04 Å². The Labute approximate surface area is 149 Å². The van der Waals surface area contributed by atoms with Gasteiger partial charge in [0.1, 0.15) is 5.76 Å². The Kier molecular flexibility index (Phi) is 4.88. The van der Waals surface area contributed by atoms with E-state index in [1.807, 2.05) is 6.07 Å². The number of benzene rings is 2. The van der Waals surface area contributed by atoms with Crippen LogP contribution in [-0.4, -0.2) is 40.0 Å². The van der Waals surface area contributed by atoms with Crippen LogP contribution in [0.15, 0.2) is 60.2 Å². The highest BCUT2D eigenvalue weighted by atomic mass is 35.5. The topological polar surface area (TPSA) is 77.8 Å². The molecule has 1 saturated heterocycles. The highest BCUT2D eigenvalue weighted by molar-refractivity contribution is 6.46. The fraction of sp³-hybridized carbons (Fsp3) is 0.158. The molecule has 1 heterocycles. The third-order valence-corrected chi connectivity index (χ3v) is 4.37. The Morgan fingerprint density at radius 3 is 2.28 bits per heavy atom. The second kappa shape index (κ2) is 7.09. The minimum absolute atomic E-state index is 0.00152. The van der Waals surface area contributed by atoms with E-state index in [2.05, 4.69) is 0 Å². The third-order valence-electron chi connectivity index (χ3n) is 4.11. The highest BCUT2D eigenvalue weighted by Gasteiger charge is 2.45. The third kappa shape index (κ3) is 3.16. The van der Waals surface area contributed by atoms with Gasteiger partial charge >= 0.3 is 0 Å². The van der Waals surface area contributed by atoms with E-state index >= 15 is 0 Å². The number of likely N-dealkylation sites (tertiary alicyclic amines) is 1. The van der Waals surface area contributed by atoms with E-state index in [9.17, 15) is 19.8 Å². The summed E-state index contributed by atoms with van der Waals surface area (Å²) in [5, 5.41) is 20.5. The minimum atomic E-state index is -0.769. The summed E-state index contributed by atoms with van der Waals surface area (Å²) >= 11 is 5.86. The molecule has 1 unspecified atom stereocenters. The summed E-state index contributed by atoms with van der Waals surface area (Å²) in [5.74, 6) is -1.77. The van der Waals surface area contributed by atoms with Gasteiger partial charge in [0, 0.05) is 17.1 Å². The predicted octanol–water partition coefficient (Wildman–Crippen LogP) is 2.75. The molecule has 25 heavy (non-hydrogen) atoms. The van der Waals surface area contributed by atoms with E-state index in [4.69, 9.17) is 11.6 Å². The van der Waals surface area contributed by atoms with Crippen LogP contribution in [0.5, 0.6) is 0 Å². The first-order valence-corrected chi connectivity index (χ1v) is 8.12. The van der Waals surface area contributed by atoms with Crippen molar-refractivity contribution >= 4 is 29.1 Å². The summed E-state index contributed by atoms with van der Waals surface area (Å²) in [4.78, 5) is 26.2. The lowest BCUT2D eigenvalue weighted by molar-refractivity contribution is -0.140. The normalized spacial score (nSPS) is 19.4. The Balaban J connectivity index is 2.17. The first-order valence-electron chi connectivity index (χ1n) is 7.74. The molecule has 128 valence electrons. The van der Waals surface area contributed by atoms with Crippen molar-refractivity contribution in [2.75, 3.05) is 13.2 Å². The molecule has 1 fully saturated rings. The van der Waals surface area contributed by atoms with Crippen molar-refractivity contribution in [2.24, 2.45) is 0 Å². The van der Waals surface area contributed by atoms with Gasteiger partial charge in [0.05, 0.1) is 18.2 Å². The highest BCUT2D eigenvalue weighted by Crippen LogP contribution is 2.39. The maximum Gasteiger partial charge on any atom is 0.295 e. The largest absolute Gasteiger partial charge is 0.507 e. The molecule has 0 bridgehead atoms. The van der Waals surface area contributed by atoms with Gasteiger partial charge in [-0.1, -0.05) is 41.9 Å². The molecule has 1 aliphatic heterocycles. The lowest BCUT2D eigenvalue weighted by atomic mass is 9.95. The SMILES string of the molecule is O=C1C(=O)N(CCO)C(c2ccccc2)/C1=C(/O)c1ccc(Cl)cc1. The summed E-state index contributed by atoms with van der Waals surface area (Å²) in [6.45, 7) is -0.279. The van der Waals surface area contributed by atoms with Crippen molar-refractivity contribution in [1.29, 1.82) is 0 Å². The number of aliphatic hydroxyl groups excluding tert-OH is 2. The number of hydrogen-bond acceptors (Lipinski definition) is 4. The molecule has 2 aromatic rings. The molecule has 6 heteroatoms. The molecule has 1 aliphatic rings. The maximum atomic E-state index is 12.5. The number of nitrogens with zero attached hydrogens (tertiary/aromatic N) is 1. The van der Waals surface area contributed by atoms with Crippen molar-refractivity contribution < 1.29 is 19.8 Å². The second-order valence-corrected chi connectivity index (χ2v) is 6.07. The monoisotopic (exact) mass is 357 g/mol. The van der Waals surface area contributed by atoms with Crippen molar-refractivity contribution in [3.63, 3.8) is 0 Å². The standard InChI is InChI=1S/C19H16ClNO4/c20-14-8-6-13(7-9-14)17(23)15-16(12-4-2-1-3-5-12)21(10-11-22)19(25)18(15)24/h1-9,16,22-23H,10-11H2/b17-15-. The van der Waals surface area contributed by atoms with E-state index in [-0.39, 0.29) is 24.5 Å². The van der Waals surface area contributed by atoms with Gasteiger partial charge in [-0.05, 0) is 29.8 Å². The summed E-state index contributed by atoms with van der Waals surface area (Å²) in [5.41, 5.74) is 1.09. The van der Waals surface area contributed by atoms with Gasteiger partial charge in [-0.25, -0.2) is 0 Å². The Morgan fingerprint density at radius 1 is 1.04 bits per heavy atom. The Bertz CT molecular complexity index is 830. The van der Waals surface area contributed by atoms with Crippen molar-refractivity contribution in [1.82, 2.24) is 4.90 Å². The molecule has 1 amide bonds. The van der Waals surface area contributed by atoms with Crippen LogP contribution in [-0.2, 0) is 9.59 Å². The van der Waals surface area contributed by atoms with Crippen LogP contribution in [0.25, 0.3) is 5.76 Å². The number of β-amino-alcohol motifs (C(OH)–C–C–N with tert-alkyl or cyclic N) is 1. The van der Waals surface area contributed by atoms with Gasteiger partial charge in [-0.2, -0.15) is 0 Å². The van der Waals surface area contributed by atoms with Gasteiger partial charge < -0.3 is 15.1 Å². The number of carbonyl (C=O) groups excluding carboxylic acids is 2. The molecule has 2 aromatic carbocycles. The molecule has 0 radical (unpaired) electrons. The summed E-state index contributed by atoms with van der Waals surface area (Å²) in [7, 11) is 0. The quantitative estimate of drug-likeness (QED) is 0.501. The van der Waals surface area contributed by atoms with Crippen molar-refractivity contribution in [3.05, 3.63) is 76.3 Å². The zero-order valence-electron chi connectivity index (χ0n) is 13.2. The van der Waals surface area contributed by atoms with E-state index < -0.39 is 17.7 Å².